The van der Waals surface area contributed by atoms with Gasteiger partial charge in [-0.05, 0) is 78.4 Å². The van der Waals surface area contributed by atoms with Crippen molar-refractivity contribution in [2.75, 3.05) is 18.5 Å². The van der Waals surface area contributed by atoms with Gasteiger partial charge in [-0.15, -0.1) is 0 Å². The number of halogens is 3. The Hall–Kier alpha value is -3.50. The molecule has 0 unspecified atom stereocenters. The number of carbonyl (C=O) groups is 4. The molecule has 4 rings (SSSR count). The predicted octanol–water partition coefficient (Wildman–Crippen LogP) is 7.47. The molecule has 0 radical (unpaired) electrons. The Labute approximate surface area is 255 Å². The molecule has 1 N–H and O–H groups in total. The summed E-state index contributed by atoms with van der Waals surface area (Å²) in [4.78, 5) is 51.6. The lowest BCUT2D eigenvalue weighted by atomic mass is 10.1. The smallest absolute Gasteiger partial charge is 0.339 e. The van der Waals surface area contributed by atoms with Crippen LogP contribution in [0.5, 0.6) is 5.75 Å². The SMILES string of the molecule is CCCOC(=O)c1cc(NC(=O)CN2C(=O)S/C(=C/c3cc(Cl)ccc3OCc3cccc(Cl)c3)C2=O)ccc1Cl. The summed E-state index contributed by atoms with van der Waals surface area (Å²) in [6.45, 7) is 1.76. The second-order valence-corrected chi connectivity index (χ2v) is 11.0. The zero-order valence-electron chi connectivity index (χ0n) is 21.6. The molecule has 8 nitrogen and oxygen atoms in total. The molecule has 0 saturated carbocycles. The molecule has 1 saturated heterocycles. The number of amides is 3. The van der Waals surface area contributed by atoms with Gasteiger partial charge in [0.1, 0.15) is 18.9 Å². The fraction of sp³-hybridized carbons (Fsp3) is 0.172. The number of nitrogens with zero attached hydrogens (tertiary/aromatic N) is 1. The Morgan fingerprint density at radius 3 is 2.54 bits per heavy atom. The van der Waals surface area contributed by atoms with Crippen LogP contribution in [0, 0.1) is 0 Å². The average molecular weight is 634 g/mol. The van der Waals surface area contributed by atoms with Crippen molar-refractivity contribution in [3.63, 3.8) is 0 Å². The number of carbonyl (C=O) groups excluding carboxylic acids is 4. The first-order chi connectivity index (χ1) is 19.6. The van der Waals surface area contributed by atoms with E-state index in [1.165, 1.54) is 24.3 Å². The van der Waals surface area contributed by atoms with Gasteiger partial charge in [-0.25, -0.2) is 4.79 Å². The largest absolute Gasteiger partial charge is 0.488 e. The lowest BCUT2D eigenvalue weighted by Crippen LogP contribution is -2.36. The van der Waals surface area contributed by atoms with E-state index in [9.17, 15) is 19.2 Å². The molecule has 0 aliphatic carbocycles. The third kappa shape index (κ3) is 8.04. The lowest BCUT2D eigenvalue weighted by Gasteiger charge is -2.13. The third-order valence-electron chi connectivity index (χ3n) is 5.62. The number of hydrogen-bond donors (Lipinski definition) is 1. The minimum absolute atomic E-state index is 0.0851. The minimum atomic E-state index is -0.643. The summed E-state index contributed by atoms with van der Waals surface area (Å²) in [6.07, 6.45) is 2.14. The van der Waals surface area contributed by atoms with Crippen LogP contribution in [0.2, 0.25) is 15.1 Å². The maximum Gasteiger partial charge on any atom is 0.339 e. The third-order valence-corrected chi connectivity index (χ3v) is 7.33. The van der Waals surface area contributed by atoms with E-state index in [1.54, 1.807) is 30.3 Å². The standard InChI is InChI=1S/C29H23Cl3N2O6S/c1-2-10-39-28(37)22-14-21(7-8-23(22)32)33-26(35)15-34-27(36)25(41-29(34)38)13-18-12-20(31)6-9-24(18)40-16-17-4-3-5-19(30)11-17/h3-9,11-14H,2,10,15-16H2,1H3,(H,33,35)/b25-13+. The zero-order valence-corrected chi connectivity index (χ0v) is 24.7. The topological polar surface area (TPSA) is 102 Å². The molecular weight excluding hydrogens is 611 g/mol. The number of benzene rings is 3. The maximum atomic E-state index is 13.1. The van der Waals surface area contributed by atoms with Crippen molar-refractivity contribution in [1.82, 2.24) is 4.90 Å². The highest BCUT2D eigenvalue weighted by Gasteiger charge is 2.36. The summed E-state index contributed by atoms with van der Waals surface area (Å²) in [5, 5.41) is 3.11. The molecule has 0 aromatic heterocycles. The van der Waals surface area contributed by atoms with E-state index in [-0.39, 0.29) is 34.4 Å². The quantitative estimate of drug-likeness (QED) is 0.183. The van der Waals surface area contributed by atoms with Crippen LogP contribution in [0.1, 0.15) is 34.8 Å². The van der Waals surface area contributed by atoms with E-state index < -0.39 is 29.6 Å². The van der Waals surface area contributed by atoms with Crippen molar-refractivity contribution in [3.8, 4) is 5.75 Å². The maximum absolute atomic E-state index is 13.1. The number of esters is 1. The van der Waals surface area contributed by atoms with Crippen LogP contribution in [-0.2, 0) is 20.9 Å². The molecule has 3 aromatic carbocycles. The second-order valence-electron chi connectivity index (χ2n) is 8.75. The molecule has 1 heterocycles. The minimum Gasteiger partial charge on any atom is -0.488 e. The summed E-state index contributed by atoms with van der Waals surface area (Å²) in [5.41, 5.74) is 1.67. The molecular formula is C29H23Cl3N2O6S. The molecule has 0 atom stereocenters. The van der Waals surface area contributed by atoms with Gasteiger partial charge in [-0.1, -0.05) is 53.9 Å². The molecule has 3 amide bonds. The first kappa shape index (κ1) is 30.5. The number of thioether (sulfide) groups is 1. The summed E-state index contributed by atoms with van der Waals surface area (Å²) >= 11 is 19.0. The van der Waals surface area contributed by atoms with Crippen LogP contribution in [0.3, 0.4) is 0 Å². The van der Waals surface area contributed by atoms with Crippen LogP contribution >= 0.6 is 46.6 Å². The first-order valence-electron chi connectivity index (χ1n) is 12.3. The van der Waals surface area contributed by atoms with E-state index in [0.29, 0.717) is 39.5 Å². The molecule has 1 fully saturated rings. The Balaban J connectivity index is 1.45. The fourth-order valence-electron chi connectivity index (χ4n) is 3.71. The number of imide groups is 1. The van der Waals surface area contributed by atoms with Crippen LogP contribution in [0.25, 0.3) is 6.08 Å². The summed E-state index contributed by atoms with van der Waals surface area (Å²) in [5.74, 6) is -1.47. The molecule has 3 aromatic rings. The summed E-state index contributed by atoms with van der Waals surface area (Å²) in [6, 6.07) is 16.4. The summed E-state index contributed by atoms with van der Waals surface area (Å²) in [7, 11) is 0. The van der Waals surface area contributed by atoms with Gasteiger partial charge in [0, 0.05) is 21.3 Å². The Morgan fingerprint density at radius 1 is 1.00 bits per heavy atom. The second kappa shape index (κ2) is 13.9. The molecule has 1 aliphatic rings. The average Bonchev–Trinajstić information content (AvgIpc) is 3.19. The number of hydrogen-bond acceptors (Lipinski definition) is 7. The molecule has 12 heteroatoms. The Bertz CT molecular complexity index is 1540. The number of ether oxygens (including phenoxy) is 2. The van der Waals surface area contributed by atoms with Gasteiger partial charge in [0.2, 0.25) is 5.91 Å². The molecule has 212 valence electrons. The van der Waals surface area contributed by atoms with Crippen molar-refractivity contribution in [3.05, 3.63) is 97.3 Å². The van der Waals surface area contributed by atoms with Gasteiger partial charge >= 0.3 is 5.97 Å². The highest BCUT2D eigenvalue weighted by Crippen LogP contribution is 2.35. The van der Waals surface area contributed by atoms with Crippen LogP contribution < -0.4 is 10.1 Å². The van der Waals surface area contributed by atoms with Crippen molar-refractivity contribution in [2.45, 2.75) is 20.0 Å². The van der Waals surface area contributed by atoms with Gasteiger partial charge in [-0.2, -0.15) is 0 Å². The van der Waals surface area contributed by atoms with Gasteiger partial charge in [0.15, 0.2) is 0 Å². The van der Waals surface area contributed by atoms with Crippen LogP contribution in [0.15, 0.2) is 65.6 Å². The van der Waals surface area contributed by atoms with Crippen molar-refractivity contribution in [2.24, 2.45) is 0 Å². The van der Waals surface area contributed by atoms with Crippen molar-refractivity contribution in [1.29, 1.82) is 0 Å². The van der Waals surface area contributed by atoms with Crippen LogP contribution in [0.4, 0.5) is 10.5 Å². The van der Waals surface area contributed by atoms with E-state index in [2.05, 4.69) is 5.32 Å². The normalized spacial score (nSPS) is 14.0. The molecule has 41 heavy (non-hydrogen) atoms. The number of rotatable bonds is 10. The monoisotopic (exact) mass is 632 g/mol. The first-order valence-corrected chi connectivity index (χ1v) is 14.3. The molecule has 0 spiro atoms. The Kier molecular flexibility index (Phi) is 10.3. The highest BCUT2D eigenvalue weighted by molar-refractivity contribution is 8.18. The van der Waals surface area contributed by atoms with Crippen LogP contribution in [-0.4, -0.2) is 41.1 Å². The summed E-state index contributed by atoms with van der Waals surface area (Å²) < 4.78 is 11.0. The van der Waals surface area contributed by atoms with Gasteiger partial charge in [0.25, 0.3) is 11.1 Å². The highest BCUT2D eigenvalue weighted by atomic mass is 35.5. The van der Waals surface area contributed by atoms with E-state index in [4.69, 9.17) is 44.3 Å². The number of nitrogens with one attached hydrogen (secondary N) is 1. The Morgan fingerprint density at radius 2 is 1.78 bits per heavy atom. The molecule has 0 bridgehead atoms. The molecule has 1 aliphatic heterocycles. The van der Waals surface area contributed by atoms with E-state index in [0.717, 1.165) is 10.5 Å². The lowest BCUT2D eigenvalue weighted by molar-refractivity contribution is -0.127. The zero-order chi connectivity index (χ0) is 29.5. The van der Waals surface area contributed by atoms with Gasteiger partial charge in [0.05, 0.1) is 22.1 Å². The van der Waals surface area contributed by atoms with Crippen molar-refractivity contribution < 1.29 is 28.7 Å². The predicted molar refractivity (Wildman–Crippen MR) is 161 cm³/mol. The van der Waals surface area contributed by atoms with Crippen molar-refractivity contribution >= 4 is 81.4 Å². The van der Waals surface area contributed by atoms with E-state index >= 15 is 0 Å². The van der Waals surface area contributed by atoms with Gasteiger partial charge in [-0.3, -0.25) is 19.3 Å². The van der Waals surface area contributed by atoms with Gasteiger partial charge < -0.3 is 14.8 Å². The number of anilines is 1. The van der Waals surface area contributed by atoms with E-state index in [1.807, 2.05) is 19.1 Å². The fourth-order valence-corrected chi connectivity index (χ4v) is 5.12.